The topological polar surface area (TPSA) is 73.9 Å². The van der Waals surface area contributed by atoms with Crippen LogP contribution in [-0.2, 0) is 6.54 Å². The maximum Gasteiger partial charge on any atom is 0.170 e. The number of benzene rings is 1. The van der Waals surface area contributed by atoms with Crippen LogP contribution in [0.2, 0.25) is 0 Å². The fourth-order valence-electron chi connectivity index (χ4n) is 2.19. The number of hydrogen-bond acceptors (Lipinski definition) is 5. The Labute approximate surface area is 128 Å². The van der Waals surface area contributed by atoms with E-state index >= 15 is 0 Å². The molecule has 1 saturated heterocycles. The molecule has 0 saturated carbocycles. The van der Waals surface area contributed by atoms with E-state index in [1.807, 2.05) is 11.8 Å². The number of rotatable bonds is 6. The lowest BCUT2D eigenvalue weighted by Crippen LogP contribution is -2.37. The quantitative estimate of drug-likeness (QED) is 0.241. The molecule has 0 radical (unpaired) electrons. The van der Waals surface area contributed by atoms with Crippen LogP contribution in [0.5, 0.6) is 0 Å². The summed E-state index contributed by atoms with van der Waals surface area (Å²) in [6, 6.07) is 4.60. The number of nitrogens with two attached hydrogens (primary N) is 1. The van der Waals surface area contributed by atoms with E-state index in [-0.39, 0.29) is 11.7 Å². The van der Waals surface area contributed by atoms with E-state index in [1.54, 1.807) is 12.1 Å². The van der Waals surface area contributed by atoms with Crippen molar-refractivity contribution >= 4 is 17.6 Å². The monoisotopic (exact) mass is 312 g/mol. The highest BCUT2D eigenvalue weighted by molar-refractivity contribution is 7.99. The van der Waals surface area contributed by atoms with Crippen LogP contribution < -0.4 is 11.1 Å². The summed E-state index contributed by atoms with van der Waals surface area (Å²) in [5, 5.41) is 14.7. The molecule has 1 aliphatic rings. The summed E-state index contributed by atoms with van der Waals surface area (Å²) < 4.78 is 13.9. The SMILES string of the molecule is N/C(=N/O)c1ccc(CNCCN2CCSCC2)c(F)c1. The fourth-order valence-corrected chi connectivity index (χ4v) is 3.17. The van der Waals surface area contributed by atoms with Crippen molar-refractivity contribution in [2.75, 3.05) is 37.7 Å². The normalized spacial score (nSPS) is 17.1. The van der Waals surface area contributed by atoms with Gasteiger partial charge in [-0.2, -0.15) is 11.8 Å². The summed E-state index contributed by atoms with van der Waals surface area (Å²) in [4.78, 5) is 2.42. The minimum absolute atomic E-state index is 0.0867. The van der Waals surface area contributed by atoms with Crippen LogP contribution in [0.4, 0.5) is 4.39 Å². The van der Waals surface area contributed by atoms with E-state index in [1.165, 1.54) is 17.6 Å². The molecule has 2 rings (SSSR count). The fraction of sp³-hybridized carbons (Fsp3) is 0.500. The molecule has 4 N–H and O–H groups in total. The molecule has 0 aliphatic carbocycles. The zero-order valence-corrected chi connectivity index (χ0v) is 12.7. The van der Waals surface area contributed by atoms with Gasteiger partial charge in [-0.3, -0.25) is 0 Å². The molecular formula is C14H21FN4OS. The van der Waals surface area contributed by atoms with Crippen molar-refractivity contribution in [3.8, 4) is 0 Å². The van der Waals surface area contributed by atoms with Gasteiger partial charge in [-0.15, -0.1) is 0 Å². The van der Waals surface area contributed by atoms with Crippen molar-refractivity contribution in [1.82, 2.24) is 10.2 Å². The van der Waals surface area contributed by atoms with E-state index < -0.39 is 0 Å². The minimum Gasteiger partial charge on any atom is -0.409 e. The number of hydrogen-bond donors (Lipinski definition) is 3. The highest BCUT2D eigenvalue weighted by atomic mass is 32.2. The van der Waals surface area contributed by atoms with Gasteiger partial charge in [0.2, 0.25) is 0 Å². The molecule has 1 fully saturated rings. The van der Waals surface area contributed by atoms with Crippen LogP contribution in [0, 0.1) is 5.82 Å². The average Bonchev–Trinajstić information content (AvgIpc) is 2.53. The van der Waals surface area contributed by atoms with E-state index in [0.717, 1.165) is 26.2 Å². The Bertz CT molecular complexity index is 492. The molecule has 0 aromatic heterocycles. The molecule has 7 heteroatoms. The van der Waals surface area contributed by atoms with Gasteiger partial charge in [0, 0.05) is 55.4 Å². The van der Waals surface area contributed by atoms with E-state index in [2.05, 4.69) is 15.4 Å². The molecule has 21 heavy (non-hydrogen) atoms. The Morgan fingerprint density at radius 2 is 2.19 bits per heavy atom. The Kier molecular flexibility index (Phi) is 6.28. The number of halogens is 1. The standard InChI is InChI=1S/C14H21FN4OS/c15-13-9-11(14(16)18-20)1-2-12(13)10-17-3-4-19-5-7-21-8-6-19/h1-2,9,17,20H,3-8,10H2,(H2,16,18). The number of oxime groups is 1. The maximum absolute atomic E-state index is 13.9. The molecule has 0 atom stereocenters. The smallest absolute Gasteiger partial charge is 0.170 e. The summed E-state index contributed by atoms with van der Waals surface area (Å²) in [5.74, 6) is 1.96. The van der Waals surface area contributed by atoms with Gasteiger partial charge in [0.25, 0.3) is 0 Å². The number of nitrogens with one attached hydrogen (secondary N) is 1. The van der Waals surface area contributed by atoms with Gasteiger partial charge >= 0.3 is 0 Å². The molecule has 0 bridgehead atoms. The molecule has 1 aromatic carbocycles. The van der Waals surface area contributed by atoms with Crippen molar-refractivity contribution in [3.05, 3.63) is 35.1 Å². The lowest BCUT2D eigenvalue weighted by molar-refractivity contribution is 0.301. The van der Waals surface area contributed by atoms with Crippen molar-refractivity contribution in [2.24, 2.45) is 10.9 Å². The predicted octanol–water partition coefficient (Wildman–Crippen LogP) is 1.06. The molecule has 1 aliphatic heterocycles. The second-order valence-corrected chi connectivity index (χ2v) is 6.15. The summed E-state index contributed by atoms with van der Waals surface area (Å²) in [5.41, 5.74) is 6.39. The number of thioether (sulfide) groups is 1. The second kappa shape index (κ2) is 8.21. The van der Waals surface area contributed by atoms with E-state index in [9.17, 15) is 4.39 Å². The van der Waals surface area contributed by atoms with Gasteiger partial charge in [-0.25, -0.2) is 4.39 Å². The molecule has 1 heterocycles. The third kappa shape index (κ3) is 4.87. The molecule has 0 amide bonds. The minimum atomic E-state index is -0.346. The first-order chi connectivity index (χ1) is 10.2. The van der Waals surface area contributed by atoms with Gasteiger partial charge in [0.05, 0.1) is 0 Å². The molecular weight excluding hydrogens is 291 g/mol. The molecule has 5 nitrogen and oxygen atoms in total. The largest absolute Gasteiger partial charge is 0.409 e. The van der Waals surface area contributed by atoms with Gasteiger partial charge in [-0.05, 0) is 6.07 Å². The third-order valence-corrected chi connectivity index (χ3v) is 4.42. The number of amidine groups is 1. The first kappa shape index (κ1) is 16.1. The van der Waals surface area contributed by atoms with Gasteiger partial charge in [0.1, 0.15) is 5.82 Å². The summed E-state index contributed by atoms with van der Waals surface area (Å²) >= 11 is 1.99. The average molecular weight is 312 g/mol. The zero-order chi connectivity index (χ0) is 15.1. The van der Waals surface area contributed by atoms with E-state index in [0.29, 0.717) is 17.7 Å². The van der Waals surface area contributed by atoms with Gasteiger partial charge < -0.3 is 21.2 Å². The number of nitrogens with zero attached hydrogens (tertiary/aromatic N) is 2. The molecule has 1 aromatic rings. The lowest BCUT2D eigenvalue weighted by atomic mass is 10.1. The molecule has 116 valence electrons. The first-order valence-electron chi connectivity index (χ1n) is 6.98. The lowest BCUT2D eigenvalue weighted by Gasteiger charge is -2.26. The predicted molar refractivity (Wildman–Crippen MR) is 84.4 cm³/mol. The summed E-state index contributed by atoms with van der Waals surface area (Å²) in [6.45, 7) is 4.58. The Balaban J connectivity index is 1.77. The summed E-state index contributed by atoms with van der Waals surface area (Å²) in [7, 11) is 0. The first-order valence-corrected chi connectivity index (χ1v) is 8.13. The van der Waals surface area contributed by atoms with Crippen molar-refractivity contribution in [2.45, 2.75) is 6.54 Å². The van der Waals surface area contributed by atoms with Crippen LogP contribution in [-0.4, -0.2) is 53.6 Å². The Morgan fingerprint density at radius 1 is 1.43 bits per heavy atom. The third-order valence-electron chi connectivity index (χ3n) is 3.48. The van der Waals surface area contributed by atoms with Crippen LogP contribution in [0.1, 0.15) is 11.1 Å². The zero-order valence-electron chi connectivity index (χ0n) is 11.9. The van der Waals surface area contributed by atoms with Crippen LogP contribution in [0.25, 0.3) is 0 Å². The second-order valence-electron chi connectivity index (χ2n) is 4.92. The molecule has 0 spiro atoms. The van der Waals surface area contributed by atoms with Crippen molar-refractivity contribution in [3.63, 3.8) is 0 Å². The van der Waals surface area contributed by atoms with Crippen LogP contribution >= 0.6 is 11.8 Å². The van der Waals surface area contributed by atoms with Crippen LogP contribution in [0.3, 0.4) is 0 Å². The molecule has 0 unspecified atom stereocenters. The summed E-state index contributed by atoms with van der Waals surface area (Å²) in [6.07, 6.45) is 0. The Morgan fingerprint density at radius 3 is 2.86 bits per heavy atom. The van der Waals surface area contributed by atoms with Gasteiger partial charge in [-0.1, -0.05) is 17.3 Å². The van der Waals surface area contributed by atoms with E-state index in [4.69, 9.17) is 10.9 Å². The van der Waals surface area contributed by atoms with Crippen molar-refractivity contribution in [1.29, 1.82) is 0 Å². The van der Waals surface area contributed by atoms with Crippen LogP contribution in [0.15, 0.2) is 23.4 Å². The Hall–Kier alpha value is -1.31. The van der Waals surface area contributed by atoms with Crippen molar-refractivity contribution < 1.29 is 9.60 Å². The van der Waals surface area contributed by atoms with Gasteiger partial charge in [0.15, 0.2) is 5.84 Å². The maximum atomic E-state index is 13.9. The highest BCUT2D eigenvalue weighted by Gasteiger charge is 2.10. The highest BCUT2D eigenvalue weighted by Crippen LogP contribution is 2.11.